The second-order valence-electron chi connectivity index (χ2n) is 3.47. The predicted octanol–water partition coefficient (Wildman–Crippen LogP) is 1.51. The second kappa shape index (κ2) is 5.05. The summed E-state index contributed by atoms with van der Waals surface area (Å²) in [6.45, 7) is 1.55. The Hall–Kier alpha value is -1.44. The lowest BCUT2D eigenvalue weighted by Gasteiger charge is -2.05. The molecule has 18 heavy (non-hydrogen) atoms. The molecule has 0 aliphatic carbocycles. The van der Waals surface area contributed by atoms with Gasteiger partial charge in [0, 0.05) is 6.92 Å². The molecule has 0 aliphatic rings. The highest BCUT2D eigenvalue weighted by molar-refractivity contribution is 7.89. The van der Waals surface area contributed by atoms with E-state index >= 15 is 0 Å². The Morgan fingerprint density at radius 2 is 2.06 bits per heavy atom. The molecule has 0 spiro atoms. The molecule has 8 heteroatoms. The van der Waals surface area contributed by atoms with Crippen molar-refractivity contribution in [2.75, 3.05) is 0 Å². The number of halogens is 1. The summed E-state index contributed by atoms with van der Waals surface area (Å²) in [6.07, 6.45) is 0. The van der Waals surface area contributed by atoms with Gasteiger partial charge in [-0.25, -0.2) is 13.1 Å². The largest absolute Gasteiger partial charge is 0.424 e. The van der Waals surface area contributed by atoms with Crippen LogP contribution >= 0.6 is 11.6 Å². The van der Waals surface area contributed by atoms with Crippen molar-refractivity contribution in [3.05, 3.63) is 41.1 Å². The summed E-state index contributed by atoms with van der Waals surface area (Å²) in [5.41, 5.74) is 0. The summed E-state index contributed by atoms with van der Waals surface area (Å²) in [4.78, 5) is 0.0166. The number of aryl methyl sites for hydroxylation is 1. The number of hydrogen-bond donors (Lipinski definition) is 1. The van der Waals surface area contributed by atoms with Crippen LogP contribution < -0.4 is 4.72 Å². The van der Waals surface area contributed by atoms with E-state index < -0.39 is 10.0 Å². The van der Waals surface area contributed by atoms with Crippen LogP contribution in [0.15, 0.2) is 33.6 Å². The van der Waals surface area contributed by atoms with Gasteiger partial charge in [-0.3, -0.25) is 0 Å². The van der Waals surface area contributed by atoms with Gasteiger partial charge in [0.05, 0.1) is 11.6 Å². The van der Waals surface area contributed by atoms with Gasteiger partial charge in [0.2, 0.25) is 21.8 Å². The Morgan fingerprint density at radius 1 is 1.33 bits per heavy atom. The number of nitrogens with one attached hydrogen (secondary N) is 1. The van der Waals surface area contributed by atoms with Gasteiger partial charge in [0.1, 0.15) is 4.90 Å². The van der Waals surface area contributed by atoms with E-state index in [2.05, 4.69) is 14.9 Å². The highest BCUT2D eigenvalue weighted by Crippen LogP contribution is 2.20. The lowest BCUT2D eigenvalue weighted by Crippen LogP contribution is -2.23. The molecule has 2 aromatic rings. The molecule has 0 saturated heterocycles. The Bertz CT molecular complexity index is 654. The average Bonchev–Trinajstić information content (AvgIpc) is 2.73. The quantitative estimate of drug-likeness (QED) is 0.921. The third kappa shape index (κ3) is 2.87. The summed E-state index contributed by atoms with van der Waals surface area (Å²) in [5.74, 6) is 0.574. The van der Waals surface area contributed by atoms with E-state index in [1.54, 1.807) is 19.1 Å². The van der Waals surface area contributed by atoms with Gasteiger partial charge in [-0.05, 0) is 12.1 Å². The zero-order valence-electron chi connectivity index (χ0n) is 9.42. The monoisotopic (exact) mass is 287 g/mol. The number of benzene rings is 1. The smallest absolute Gasteiger partial charge is 0.242 e. The third-order valence-corrected chi connectivity index (χ3v) is 4.01. The molecule has 0 saturated carbocycles. The van der Waals surface area contributed by atoms with E-state index in [-0.39, 0.29) is 22.4 Å². The molecular weight excluding hydrogens is 278 g/mol. The van der Waals surface area contributed by atoms with Gasteiger partial charge in [0.25, 0.3) is 0 Å². The molecule has 0 fully saturated rings. The minimum atomic E-state index is -3.69. The summed E-state index contributed by atoms with van der Waals surface area (Å²) < 4.78 is 31.3. The van der Waals surface area contributed by atoms with Gasteiger partial charge in [-0.1, -0.05) is 23.7 Å². The molecule has 1 aromatic carbocycles. The van der Waals surface area contributed by atoms with Crippen molar-refractivity contribution in [1.82, 2.24) is 14.9 Å². The topological polar surface area (TPSA) is 85.1 Å². The molecule has 0 unspecified atom stereocenters. The van der Waals surface area contributed by atoms with Crippen molar-refractivity contribution in [3.8, 4) is 0 Å². The first-order valence-corrected chi connectivity index (χ1v) is 6.88. The number of rotatable bonds is 4. The maximum atomic E-state index is 11.9. The van der Waals surface area contributed by atoms with Crippen LogP contribution in [0.1, 0.15) is 11.8 Å². The Morgan fingerprint density at radius 3 is 2.67 bits per heavy atom. The Kier molecular flexibility index (Phi) is 3.65. The van der Waals surface area contributed by atoms with Crippen LogP contribution in [0.25, 0.3) is 0 Å². The number of hydrogen-bond acceptors (Lipinski definition) is 5. The van der Waals surface area contributed by atoms with E-state index in [0.29, 0.717) is 5.89 Å². The SMILES string of the molecule is Cc1nnc(CNS(=O)(=O)c2ccccc2Cl)o1. The maximum absolute atomic E-state index is 11.9. The van der Waals surface area contributed by atoms with Crippen molar-refractivity contribution in [3.63, 3.8) is 0 Å². The third-order valence-electron chi connectivity index (χ3n) is 2.11. The highest BCUT2D eigenvalue weighted by atomic mass is 35.5. The molecule has 0 bridgehead atoms. The molecule has 2 rings (SSSR count). The molecule has 0 atom stereocenters. The fourth-order valence-electron chi connectivity index (χ4n) is 1.31. The first-order chi connectivity index (χ1) is 8.49. The summed E-state index contributed by atoms with van der Waals surface area (Å²) in [6, 6.07) is 6.18. The van der Waals surface area contributed by atoms with Gasteiger partial charge < -0.3 is 4.42 Å². The molecule has 1 aromatic heterocycles. The number of aromatic nitrogens is 2. The Labute approximate surface area is 109 Å². The van der Waals surface area contributed by atoms with Crippen molar-refractivity contribution in [1.29, 1.82) is 0 Å². The minimum absolute atomic E-state index is 0.0166. The van der Waals surface area contributed by atoms with E-state index in [4.69, 9.17) is 16.0 Å². The average molecular weight is 288 g/mol. The van der Waals surface area contributed by atoms with Crippen molar-refractivity contribution < 1.29 is 12.8 Å². The standard InChI is InChI=1S/C10H10ClN3O3S/c1-7-13-14-10(17-7)6-12-18(15,16)9-5-3-2-4-8(9)11/h2-5,12H,6H2,1H3. The zero-order valence-corrected chi connectivity index (χ0v) is 11.0. The molecular formula is C10H10ClN3O3S. The normalized spacial score (nSPS) is 11.7. The molecule has 0 aliphatic heterocycles. The first-order valence-electron chi connectivity index (χ1n) is 5.02. The van der Waals surface area contributed by atoms with Gasteiger partial charge in [0.15, 0.2) is 0 Å². The lowest BCUT2D eigenvalue weighted by molar-refractivity contribution is 0.460. The van der Waals surface area contributed by atoms with Crippen LogP contribution in [-0.4, -0.2) is 18.6 Å². The summed E-state index contributed by atoms with van der Waals surface area (Å²) >= 11 is 5.82. The molecule has 6 nitrogen and oxygen atoms in total. The lowest BCUT2D eigenvalue weighted by atomic mass is 10.4. The van der Waals surface area contributed by atoms with Crippen molar-refractivity contribution >= 4 is 21.6 Å². The maximum Gasteiger partial charge on any atom is 0.242 e. The molecule has 0 radical (unpaired) electrons. The molecule has 1 heterocycles. The van der Waals surface area contributed by atoms with Crippen molar-refractivity contribution in [2.45, 2.75) is 18.4 Å². The van der Waals surface area contributed by atoms with Crippen LogP contribution in [0, 0.1) is 6.92 Å². The summed E-state index contributed by atoms with van der Waals surface area (Å²) in [5, 5.41) is 7.45. The van der Waals surface area contributed by atoms with Gasteiger partial charge in [-0.2, -0.15) is 0 Å². The van der Waals surface area contributed by atoms with Crippen molar-refractivity contribution in [2.24, 2.45) is 0 Å². The van der Waals surface area contributed by atoms with E-state index in [1.807, 2.05) is 0 Å². The fraction of sp³-hybridized carbons (Fsp3) is 0.200. The van der Waals surface area contributed by atoms with Gasteiger partial charge >= 0.3 is 0 Å². The van der Waals surface area contributed by atoms with E-state index in [9.17, 15) is 8.42 Å². The van der Waals surface area contributed by atoms with E-state index in [1.165, 1.54) is 12.1 Å². The second-order valence-corrected chi connectivity index (χ2v) is 5.61. The van der Waals surface area contributed by atoms with Crippen LogP contribution in [0.3, 0.4) is 0 Å². The number of nitrogens with zero attached hydrogens (tertiary/aromatic N) is 2. The van der Waals surface area contributed by atoms with Crippen LogP contribution in [0.4, 0.5) is 0 Å². The molecule has 1 N–H and O–H groups in total. The molecule has 0 amide bonds. The Balaban J connectivity index is 2.16. The fourth-order valence-corrected chi connectivity index (χ4v) is 2.80. The number of sulfonamides is 1. The predicted molar refractivity (Wildman–Crippen MR) is 64.5 cm³/mol. The first kappa shape index (κ1) is 13.0. The van der Waals surface area contributed by atoms with E-state index in [0.717, 1.165) is 0 Å². The minimum Gasteiger partial charge on any atom is -0.424 e. The van der Waals surface area contributed by atoms with Crippen LogP contribution in [0.2, 0.25) is 5.02 Å². The van der Waals surface area contributed by atoms with Gasteiger partial charge in [-0.15, -0.1) is 10.2 Å². The van der Waals surface area contributed by atoms with Crippen LogP contribution in [0.5, 0.6) is 0 Å². The molecule has 96 valence electrons. The highest BCUT2D eigenvalue weighted by Gasteiger charge is 2.18. The van der Waals surface area contributed by atoms with Crippen LogP contribution in [-0.2, 0) is 16.6 Å². The zero-order chi connectivity index (χ0) is 13.2. The summed E-state index contributed by atoms with van der Waals surface area (Å²) in [7, 11) is -3.69.